The van der Waals surface area contributed by atoms with Crippen LogP contribution >= 0.6 is 0 Å². The molecule has 0 spiro atoms. The van der Waals surface area contributed by atoms with Crippen molar-refractivity contribution in [3.8, 4) is 11.3 Å². The third-order valence-electron chi connectivity index (χ3n) is 6.60. The largest absolute Gasteiger partial charge is 0.389 e. The highest BCUT2D eigenvalue weighted by atomic mass is 16.5. The van der Waals surface area contributed by atoms with Crippen molar-refractivity contribution in [1.29, 1.82) is 0 Å². The Hall–Kier alpha value is -3.29. The summed E-state index contributed by atoms with van der Waals surface area (Å²) in [4.78, 5) is 23.3. The molecule has 170 valence electrons. The van der Waals surface area contributed by atoms with Gasteiger partial charge in [-0.3, -0.25) is 4.79 Å². The maximum absolute atomic E-state index is 11.5. The van der Waals surface area contributed by atoms with E-state index in [4.69, 9.17) is 20.4 Å². The third kappa shape index (κ3) is 4.21. The van der Waals surface area contributed by atoms with Gasteiger partial charge in [-0.1, -0.05) is 42.5 Å². The number of aliphatic hydroxyl groups excluding tert-OH is 1. The molecular weight excluding hydrogens is 416 g/mol. The number of benzene rings is 2. The predicted octanol–water partition coefficient (Wildman–Crippen LogP) is 2.89. The summed E-state index contributed by atoms with van der Waals surface area (Å²) in [6, 6.07) is 17.0. The first kappa shape index (κ1) is 21.6. The minimum Gasteiger partial charge on any atom is -0.389 e. The van der Waals surface area contributed by atoms with Gasteiger partial charge in [0.25, 0.3) is 0 Å². The van der Waals surface area contributed by atoms with Crippen LogP contribution in [0.5, 0.6) is 0 Å². The Balaban J connectivity index is 1.40. The predicted molar refractivity (Wildman–Crippen MR) is 126 cm³/mol. The van der Waals surface area contributed by atoms with Crippen molar-refractivity contribution >= 4 is 11.9 Å². The Bertz CT molecular complexity index is 1150. The lowest BCUT2D eigenvalue weighted by Crippen LogP contribution is -2.65. The van der Waals surface area contributed by atoms with Crippen LogP contribution in [0.3, 0.4) is 0 Å². The number of nitrogens with two attached hydrogens (primary N) is 1. The van der Waals surface area contributed by atoms with Crippen molar-refractivity contribution in [3.63, 3.8) is 0 Å². The summed E-state index contributed by atoms with van der Waals surface area (Å²) >= 11 is 0. The van der Waals surface area contributed by atoms with E-state index in [0.29, 0.717) is 24.7 Å². The number of primary amides is 1. The molecule has 1 aliphatic carbocycles. The van der Waals surface area contributed by atoms with E-state index in [1.807, 2.05) is 54.3 Å². The lowest BCUT2D eigenvalue weighted by molar-refractivity contribution is -0.0314. The van der Waals surface area contributed by atoms with Gasteiger partial charge in [0.15, 0.2) is 0 Å². The Morgan fingerprint density at radius 3 is 2.61 bits per heavy atom. The molecule has 33 heavy (non-hydrogen) atoms. The zero-order valence-electron chi connectivity index (χ0n) is 18.6. The van der Waals surface area contributed by atoms with Crippen LogP contribution < -0.4 is 10.6 Å². The maximum atomic E-state index is 11.5. The highest BCUT2D eigenvalue weighted by molar-refractivity contribution is 5.93. The number of hydrogen-bond acceptors (Lipinski definition) is 6. The second-order valence-corrected chi connectivity index (χ2v) is 8.80. The van der Waals surface area contributed by atoms with Gasteiger partial charge in [-0.15, -0.1) is 0 Å². The molecule has 2 heterocycles. The van der Waals surface area contributed by atoms with Gasteiger partial charge in [0.2, 0.25) is 11.9 Å². The molecule has 1 aromatic heterocycles. The van der Waals surface area contributed by atoms with E-state index in [1.54, 1.807) is 12.1 Å². The molecule has 0 bridgehead atoms. The number of aromatic nitrogens is 2. The Labute approximate surface area is 193 Å². The summed E-state index contributed by atoms with van der Waals surface area (Å²) in [6.07, 6.45) is 2.21. The molecule has 7 nitrogen and oxygen atoms in total. The van der Waals surface area contributed by atoms with E-state index >= 15 is 0 Å². The lowest BCUT2D eigenvalue weighted by Gasteiger charge is -2.48. The number of rotatable bonds is 7. The van der Waals surface area contributed by atoms with Crippen LogP contribution in [0.15, 0.2) is 54.6 Å². The standard InChI is InChI=1S/C26H28N4O3/c1-16(33-15-17-6-3-2-4-7-17)24-22(31)14-30(24)26-28-21-9-5-8-20(21)23(29-26)18-10-12-19(13-11-18)25(27)32/h2-4,6-7,10-13,16,22,24,31H,5,8-9,14-15H2,1H3,(H2,27,32)/t16-,22?,24+/m1/s1. The van der Waals surface area contributed by atoms with Crippen LogP contribution in [0.1, 0.15) is 40.5 Å². The first-order valence-corrected chi connectivity index (χ1v) is 11.4. The van der Waals surface area contributed by atoms with E-state index in [2.05, 4.69) is 0 Å². The van der Waals surface area contributed by atoms with E-state index < -0.39 is 12.0 Å². The highest BCUT2D eigenvalue weighted by Crippen LogP contribution is 2.35. The number of aryl methyl sites for hydroxylation is 1. The van der Waals surface area contributed by atoms with Gasteiger partial charge in [0.05, 0.1) is 30.6 Å². The SMILES string of the molecule is C[C@@H](OCc1ccccc1)[C@H]1C(O)CN1c1nc2c(c(-c3ccc(C(N)=O)cc3)n1)CCC2. The monoisotopic (exact) mass is 444 g/mol. The number of carbonyl (C=O) groups excluding carboxylic acids is 1. The van der Waals surface area contributed by atoms with Gasteiger partial charge >= 0.3 is 0 Å². The van der Waals surface area contributed by atoms with Gasteiger partial charge in [0, 0.05) is 28.9 Å². The summed E-state index contributed by atoms with van der Waals surface area (Å²) in [5, 5.41) is 10.5. The number of anilines is 1. The molecule has 2 aliphatic rings. The minimum absolute atomic E-state index is 0.191. The molecule has 1 saturated heterocycles. The molecule has 1 fully saturated rings. The molecular formula is C26H28N4O3. The number of carbonyl (C=O) groups is 1. The topological polar surface area (TPSA) is 102 Å². The number of aliphatic hydroxyl groups is 1. The van der Waals surface area contributed by atoms with Gasteiger partial charge < -0.3 is 20.5 Å². The number of hydrogen-bond donors (Lipinski definition) is 2. The summed E-state index contributed by atoms with van der Waals surface area (Å²) in [6.45, 7) is 2.95. The summed E-state index contributed by atoms with van der Waals surface area (Å²) < 4.78 is 6.10. The normalized spacial score (nSPS) is 20.2. The maximum Gasteiger partial charge on any atom is 0.248 e. The second-order valence-electron chi connectivity index (χ2n) is 8.80. The third-order valence-corrected chi connectivity index (χ3v) is 6.60. The van der Waals surface area contributed by atoms with Crippen LogP contribution in [-0.4, -0.2) is 45.8 Å². The molecule has 2 aromatic carbocycles. The summed E-state index contributed by atoms with van der Waals surface area (Å²) in [5.41, 5.74) is 11.0. The summed E-state index contributed by atoms with van der Waals surface area (Å²) in [7, 11) is 0. The minimum atomic E-state index is -0.495. The fourth-order valence-electron chi connectivity index (χ4n) is 4.76. The quantitative estimate of drug-likeness (QED) is 0.581. The first-order valence-electron chi connectivity index (χ1n) is 11.4. The Kier molecular flexibility index (Phi) is 5.83. The van der Waals surface area contributed by atoms with Crippen LogP contribution in [0.4, 0.5) is 5.95 Å². The van der Waals surface area contributed by atoms with Crippen LogP contribution in [0.2, 0.25) is 0 Å². The van der Waals surface area contributed by atoms with Crippen molar-refractivity contribution in [2.24, 2.45) is 5.73 Å². The smallest absolute Gasteiger partial charge is 0.248 e. The van der Waals surface area contributed by atoms with Crippen molar-refractivity contribution in [3.05, 3.63) is 77.0 Å². The fraction of sp³-hybridized carbons (Fsp3) is 0.346. The average Bonchev–Trinajstić information content (AvgIpc) is 3.30. The fourth-order valence-corrected chi connectivity index (χ4v) is 4.76. The molecule has 3 aromatic rings. The van der Waals surface area contributed by atoms with Gasteiger partial charge in [-0.25, -0.2) is 9.97 Å². The van der Waals surface area contributed by atoms with E-state index in [0.717, 1.165) is 47.3 Å². The molecule has 0 radical (unpaired) electrons. The second kappa shape index (κ2) is 8.92. The number of amides is 1. The molecule has 7 heteroatoms. The zero-order valence-corrected chi connectivity index (χ0v) is 18.6. The molecule has 5 rings (SSSR count). The lowest BCUT2D eigenvalue weighted by atomic mass is 9.94. The molecule has 3 atom stereocenters. The van der Waals surface area contributed by atoms with Crippen LogP contribution in [-0.2, 0) is 24.2 Å². The van der Waals surface area contributed by atoms with E-state index in [1.165, 1.54) is 0 Å². The molecule has 1 amide bonds. The van der Waals surface area contributed by atoms with Crippen LogP contribution in [0.25, 0.3) is 11.3 Å². The number of fused-ring (bicyclic) bond motifs is 1. The van der Waals surface area contributed by atoms with Crippen molar-refractivity contribution in [2.45, 2.75) is 51.0 Å². The zero-order chi connectivity index (χ0) is 22.9. The molecule has 0 saturated carbocycles. The van der Waals surface area contributed by atoms with Gasteiger partial charge in [-0.2, -0.15) is 0 Å². The van der Waals surface area contributed by atoms with Gasteiger partial charge in [0.1, 0.15) is 0 Å². The van der Waals surface area contributed by atoms with E-state index in [9.17, 15) is 9.90 Å². The van der Waals surface area contributed by atoms with Crippen molar-refractivity contribution < 1.29 is 14.6 Å². The van der Waals surface area contributed by atoms with Crippen LogP contribution in [0, 0.1) is 0 Å². The number of β-amino-alcohol motifs (C(OH)–C–C–N with tert-alkyl or cyclic N) is 1. The highest BCUT2D eigenvalue weighted by Gasteiger charge is 2.44. The van der Waals surface area contributed by atoms with Crippen molar-refractivity contribution in [2.75, 3.05) is 11.4 Å². The van der Waals surface area contributed by atoms with Crippen molar-refractivity contribution in [1.82, 2.24) is 9.97 Å². The molecule has 1 aliphatic heterocycles. The Morgan fingerprint density at radius 1 is 1.15 bits per heavy atom. The average molecular weight is 445 g/mol. The summed E-state index contributed by atoms with van der Waals surface area (Å²) in [5.74, 6) is 0.173. The number of ether oxygens (including phenoxy) is 1. The van der Waals surface area contributed by atoms with E-state index in [-0.39, 0.29) is 12.1 Å². The van der Waals surface area contributed by atoms with Gasteiger partial charge in [-0.05, 0) is 43.9 Å². The molecule has 1 unspecified atom stereocenters. The first-order chi connectivity index (χ1) is 16.0. The number of nitrogens with zero attached hydrogens (tertiary/aromatic N) is 3. The Morgan fingerprint density at radius 2 is 1.91 bits per heavy atom. The molecule has 3 N–H and O–H groups in total.